The second-order valence-electron chi connectivity index (χ2n) is 8.12. The van der Waals surface area contributed by atoms with Gasteiger partial charge in [-0.1, -0.05) is 20.8 Å². The standard InChI is InChI=1S/C19H35N5S.HI/c1-7-20-18(22-15-8-10-24(11-9-15)14(2)3)21-12-17-23-16(13-25-17)19(4,5)6;/h13-15H,7-12H2,1-6H3,(H2,20,21,22);1H. The highest BCUT2D eigenvalue weighted by Crippen LogP contribution is 2.24. The van der Waals surface area contributed by atoms with Gasteiger partial charge in [0.15, 0.2) is 5.96 Å². The fourth-order valence-electron chi connectivity index (χ4n) is 2.95. The summed E-state index contributed by atoms with van der Waals surface area (Å²) >= 11 is 1.71. The number of likely N-dealkylation sites (tertiary alicyclic amines) is 1. The van der Waals surface area contributed by atoms with Crippen molar-refractivity contribution in [3.05, 3.63) is 16.1 Å². The number of halogens is 1. The molecule has 7 heteroatoms. The Morgan fingerprint density at radius 2 is 2.00 bits per heavy atom. The summed E-state index contributed by atoms with van der Waals surface area (Å²) in [4.78, 5) is 12.0. The third kappa shape index (κ3) is 7.31. The van der Waals surface area contributed by atoms with Gasteiger partial charge in [0.25, 0.3) is 0 Å². The molecule has 26 heavy (non-hydrogen) atoms. The highest BCUT2D eigenvalue weighted by molar-refractivity contribution is 14.0. The smallest absolute Gasteiger partial charge is 0.191 e. The van der Waals surface area contributed by atoms with Crippen molar-refractivity contribution in [2.75, 3.05) is 19.6 Å². The Balaban J connectivity index is 0.00000338. The van der Waals surface area contributed by atoms with Crippen molar-refractivity contribution in [3.8, 4) is 0 Å². The predicted octanol–water partition coefficient (Wildman–Crippen LogP) is 3.99. The zero-order valence-electron chi connectivity index (χ0n) is 17.1. The number of aliphatic imine (C=N–C) groups is 1. The number of guanidine groups is 1. The molecule has 2 N–H and O–H groups in total. The average Bonchev–Trinajstić information content (AvgIpc) is 3.02. The van der Waals surface area contributed by atoms with Crippen LogP contribution in [0.3, 0.4) is 0 Å². The zero-order valence-corrected chi connectivity index (χ0v) is 20.3. The van der Waals surface area contributed by atoms with E-state index in [-0.39, 0.29) is 29.4 Å². The van der Waals surface area contributed by atoms with Gasteiger partial charge in [-0.15, -0.1) is 35.3 Å². The summed E-state index contributed by atoms with van der Waals surface area (Å²) in [6.07, 6.45) is 2.35. The summed E-state index contributed by atoms with van der Waals surface area (Å²) in [5.41, 5.74) is 1.26. The van der Waals surface area contributed by atoms with Crippen LogP contribution in [-0.4, -0.2) is 47.6 Å². The van der Waals surface area contributed by atoms with Gasteiger partial charge in [0.05, 0.1) is 12.2 Å². The van der Waals surface area contributed by atoms with Crippen LogP contribution in [0.4, 0.5) is 0 Å². The van der Waals surface area contributed by atoms with E-state index in [1.807, 2.05) is 0 Å². The second kappa shape index (κ2) is 10.8. The molecule has 1 fully saturated rings. The minimum absolute atomic E-state index is 0. The van der Waals surface area contributed by atoms with E-state index >= 15 is 0 Å². The highest BCUT2D eigenvalue weighted by atomic mass is 127. The predicted molar refractivity (Wildman–Crippen MR) is 124 cm³/mol. The Morgan fingerprint density at radius 3 is 2.50 bits per heavy atom. The average molecular weight is 494 g/mol. The summed E-state index contributed by atoms with van der Waals surface area (Å²) in [5.74, 6) is 0.915. The van der Waals surface area contributed by atoms with Gasteiger partial charge in [0.1, 0.15) is 5.01 Å². The minimum Gasteiger partial charge on any atom is -0.357 e. The fourth-order valence-corrected chi connectivity index (χ4v) is 3.89. The molecule has 0 amide bonds. The fraction of sp³-hybridized carbons (Fsp3) is 0.789. The van der Waals surface area contributed by atoms with Gasteiger partial charge in [0, 0.05) is 42.5 Å². The number of nitrogens with one attached hydrogen (secondary N) is 2. The SMILES string of the molecule is CCNC(=NCc1nc(C(C)(C)C)cs1)NC1CCN(C(C)C)CC1.I. The van der Waals surface area contributed by atoms with Crippen molar-refractivity contribution >= 4 is 41.3 Å². The van der Waals surface area contributed by atoms with Crippen molar-refractivity contribution in [1.82, 2.24) is 20.5 Å². The Morgan fingerprint density at radius 1 is 1.35 bits per heavy atom. The van der Waals surface area contributed by atoms with E-state index in [4.69, 9.17) is 9.98 Å². The van der Waals surface area contributed by atoms with Crippen LogP contribution < -0.4 is 10.6 Å². The molecule has 0 spiro atoms. The molecular formula is C19H36IN5S. The van der Waals surface area contributed by atoms with Crippen LogP contribution in [0.15, 0.2) is 10.4 Å². The van der Waals surface area contributed by atoms with Crippen LogP contribution in [0.5, 0.6) is 0 Å². The summed E-state index contributed by atoms with van der Waals surface area (Å²) in [7, 11) is 0. The second-order valence-corrected chi connectivity index (χ2v) is 9.06. The maximum atomic E-state index is 4.76. The van der Waals surface area contributed by atoms with Crippen LogP contribution in [0.25, 0.3) is 0 Å². The molecule has 5 nitrogen and oxygen atoms in total. The van der Waals surface area contributed by atoms with E-state index < -0.39 is 0 Å². The lowest BCUT2D eigenvalue weighted by atomic mass is 9.93. The van der Waals surface area contributed by atoms with E-state index in [1.54, 1.807) is 11.3 Å². The number of hydrogen-bond donors (Lipinski definition) is 2. The van der Waals surface area contributed by atoms with E-state index in [9.17, 15) is 0 Å². The Kier molecular flexibility index (Phi) is 9.82. The third-order valence-corrected chi connectivity index (χ3v) is 5.47. The molecule has 2 heterocycles. The number of thiazole rings is 1. The minimum atomic E-state index is 0. The third-order valence-electron chi connectivity index (χ3n) is 4.64. The van der Waals surface area contributed by atoms with Crippen molar-refractivity contribution in [3.63, 3.8) is 0 Å². The van der Waals surface area contributed by atoms with Crippen LogP contribution in [0.1, 0.15) is 65.1 Å². The molecular weight excluding hydrogens is 457 g/mol. The van der Waals surface area contributed by atoms with Gasteiger partial charge in [-0.3, -0.25) is 0 Å². The molecule has 0 aliphatic carbocycles. The normalized spacial score (nSPS) is 17.3. The number of hydrogen-bond acceptors (Lipinski definition) is 4. The molecule has 1 aromatic rings. The van der Waals surface area contributed by atoms with E-state index in [2.05, 4.69) is 62.5 Å². The van der Waals surface area contributed by atoms with E-state index in [0.29, 0.717) is 18.6 Å². The number of rotatable bonds is 5. The lowest BCUT2D eigenvalue weighted by Gasteiger charge is -2.35. The molecule has 1 aromatic heterocycles. The van der Waals surface area contributed by atoms with Gasteiger partial charge in [-0.05, 0) is 33.6 Å². The first-order chi connectivity index (χ1) is 11.8. The highest BCUT2D eigenvalue weighted by Gasteiger charge is 2.21. The lowest BCUT2D eigenvalue weighted by Crippen LogP contribution is -2.49. The van der Waals surface area contributed by atoms with Gasteiger partial charge in [-0.2, -0.15) is 0 Å². The van der Waals surface area contributed by atoms with Gasteiger partial charge < -0.3 is 15.5 Å². The summed E-state index contributed by atoms with van der Waals surface area (Å²) in [5, 5.41) is 10.2. The molecule has 150 valence electrons. The van der Waals surface area contributed by atoms with Crippen molar-refractivity contribution in [2.45, 2.75) is 78.4 Å². The molecule has 1 aliphatic heterocycles. The number of aromatic nitrogens is 1. The summed E-state index contributed by atoms with van der Waals surface area (Å²) in [6.45, 7) is 17.1. The molecule has 0 unspecified atom stereocenters. The maximum absolute atomic E-state index is 4.76. The number of piperidine rings is 1. The first-order valence-corrected chi connectivity index (χ1v) is 10.4. The van der Waals surface area contributed by atoms with Crippen molar-refractivity contribution in [2.24, 2.45) is 4.99 Å². The molecule has 2 rings (SSSR count). The Labute approximate surface area is 180 Å². The van der Waals surface area contributed by atoms with E-state index in [1.165, 1.54) is 12.8 Å². The van der Waals surface area contributed by atoms with E-state index in [0.717, 1.165) is 36.3 Å². The Bertz CT molecular complexity index is 557. The molecule has 0 bridgehead atoms. The first kappa shape index (κ1) is 23.6. The quantitative estimate of drug-likeness (QED) is 0.370. The van der Waals surface area contributed by atoms with Crippen LogP contribution in [-0.2, 0) is 12.0 Å². The zero-order chi connectivity index (χ0) is 18.4. The lowest BCUT2D eigenvalue weighted by molar-refractivity contribution is 0.167. The topological polar surface area (TPSA) is 52.6 Å². The number of nitrogens with zero attached hydrogens (tertiary/aromatic N) is 3. The molecule has 0 aromatic carbocycles. The summed E-state index contributed by atoms with van der Waals surface area (Å²) in [6, 6.07) is 1.15. The molecule has 0 saturated carbocycles. The van der Waals surface area contributed by atoms with Crippen molar-refractivity contribution in [1.29, 1.82) is 0 Å². The van der Waals surface area contributed by atoms with Gasteiger partial charge in [0.2, 0.25) is 0 Å². The first-order valence-electron chi connectivity index (χ1n) is 9.53. The van der Waals surface area contributed by atoms with Crippen LogP contribution in [0, 0.1) is 0 Å². The van der Waals surface area contributed by atoms with Gasteiger partial charge in [-0.25, -0.2) is 9.98 Å². The molecule has 0 atom stereocenters. The molecule has 0 radical (unpaired) electrons. The van der Waals surface area contributed by atoms with Crippen LogP contribution in [0.2, 0.25) is 0 Å². The van der Waals surface area contributed by atoms with Gasteiger partial charge >= 0.3 is 0 Å². The van der Waals surface area contributed by atoms with Crippen molar-refractivity contribution < 1.29 is 0 Å². The summed E-state index contributed by atoms with van der Waals surface area (Å²) < 4.78 is 0. The molecule has 1 aliphatic rings. The largest absolute Gasteiger partial charge is 0.357 e. The maximum Gasteiger partial charge on any atom is 0.191 e. The van der Waals surface area contributed by atoms with Crippen LogP contribution >= 0.6 is 35.3 Å². The molecule has 1 saturated heterocycles. The Hall–Kier alpha value is -0.410. The monoisotopic (exact) mass is 493 g/mol.